The van der Waals surface area contributed by atoms with Crippen LogP contribution in [0.4, 0.5) is 0 Å². The van der Waals surface area contributed by atoms with E-state index in [1.165, 1.54) is 14.2 Å². The minimum Gasteiger partial charge on any atom is -0.465 e. The van der Waals surface area contributed by atoms with Gasteiger partial charge in [-0.1, -0.05) is 0 Å². The highest BCUT2D eigenvalue weighted by Gasteiger charge is 2.10. The Labute approximate surface area is 114 Å². The normalized spacial score (nSPS) is 12.9. The molecule has 0 fully saturated rings. The fourth-order valence-electron chi connectivity index (χ4n) is 1.65. The monoisotopic (exact) mass is 313 g/mol. The van der Waals surface area contributed by atoms with E-state index in [1.54, 1.807) is 0 Å². The van der Waals surface area contributed by atoms with E-state index in [4.69, 9.17) is 4.42 Å². The Bertz CT molecular complexity index is 484. The van der Waals surface area contributed by atoms with Crippen LogP contribution in [0.5, 0.6) is 0 Å². The average molecular weight is 314 g/mol. The van der Waals surface area contributed by atoms with E-state index in [0.717, 1.165) is 18.1 Å². The molecule has 2 aromatic rings. The molecular formula is C13H16BrNOS. The molecule has 17 heavy (non-hydrogen) atoms. The van der Waals surface area contributed by atoms with Crippen molar-refractivity contribution in [3.8, 4) is 0 Å². The number of hydrogen-bond acceptors (Lipinski definition) is 3. The van der Waals surface area contributed by atoms with Crippen molar-refractivity contribution >= 4 is 27.3 Å². The largest absolute Gasteiger partial charge is 0.465 e. The van der Waals surface area contributed by atoms with Crippen LogP contribution in [0.15, 0.2) is 27.1 Å². The summed E-state index contributed by atoms with van der Waals surface area (Å²) >= 11 is 5.35. The third-order valence-corrected chi connectivity index (χ3v) is 4.82. The van der Waals surface area contributed by atoms with Crippen LogP contribution in [0.25, 0.3) is 0 Å². The summed E-state index contributed by atoms with van der Waals surface area (Å²) in [7, 11) is 0. The number of rotatable bonds is 4. The topological polar surface area (TPSA) is 25.2 Å². The van der Waals surface area contributed by atoms with Gasteiger partial charge in [0, 0.05) is 20.8 Å². The number of hydrogen-bond donors (Lipinski definition) is 1. The van der Waals surface area contributed by atoms with E-state index in [1.807, 2.05) is 30.4 Å². The maximum Gasteiger partial charge on any atom is 0.120 e. The van der Waals surface area contributed by atoms with E-state index in [0.29, 0.717) is 0 Å². The highest BCUT2D eigenvalue weighted by atomic mass is 79.9. The molecule has 0 aliphatic rings. The maximum atomic E-state index is 5.59. The number of halogens is 1. The van der Waals surface area contributed by atoms with Gasteiger partial charge < -0.3 is 9.73 Å². The summed E-state index contributed by atoms with van der Waals surface area (Å²) in [5, 5.41) is 3.46. The first-order valence-electron chi connectivity index (χ1n) is 5.61. The SMILES string of the molecule is Cc1ccc(C(C)NCc2cc(Br)c(C)s2)o1. The molecule has 0 spiro atoms. The Morgan fingerprint density at radius 1 is 1.41 bits per heavy atom. The predicted molar refractivity (Wildman–Crippen MR) is 75.5 cm³/mol. The van der Waals surface area contributed by atoms with Crippen molar-refractivity contribution in [3.63, 3.8) is 0 Å². The van der Waals surface area contributed by atoms with Gasteiger partial charge in [-0.2, -0.15) is 0 Å². The fraction of sp³-hybridized carbons (Fsp3) is 0.385. The van der Waals surface area contributed by atoms with Crippen LogP contribution in [0, 0.1) is 13.8 Å². The molecule has 2 heterocycles. The zero-order valence-electron chi connectivity index (χ0n) is 10.2. The number of furan rings is 1. The highest BCUT2D eigenvalue weighted by Crippen LogP contribution is 2.26. The lowest BCUT2D eigenvalue weighted by Crippen LogP contribution is -2.16. The van der Waals surface area contributed by atoms with Crippen LogP contribution in [0.2, 0.25) is 0 Å². The first-order chi connectivity index (χ1) is 8.06. The molecule has 0 bridgehead atoms. The second-order valence-electron chi connectivity index (χ2n) is 4.17. The molecule has 0 amide bonds. The molecule has 2 nitrogen and oxygen atoms in total. The molecule has 2 rings (SSSR count). The third kappa shape index (κ3) is 3.21. The van der Waals surface area contributed by atoms with Gasteiger partial charge in [-0.05, 0) is 54.9 Å². The molecule has 0 saturated carbocycles. The van der Waals surface area contributed by atoms with Gasteiger partial charge in [-0.15, -0.1) is 11.3 Å². The fourth-order valence-corrected chi connectivity index (χ4v) is 3.20. The zero-order chi connectivity index (χ0) is 12.4. The molecule has 0 saturated heterocycles. The Kier molecular flexibility index (Phi) is 4.07. The molecule has 1 unspecified atom stereocenters. The van der Waals surface area contributed by atoms with Crippen LogP contribution >= 0.6 is 27.3 Å². The van der Waals surface area contributed by atoms with Crippen LogP contribution < -0.4 is 5.32 Å². The highest BCUT2D eigenvalue weighted by molar-refractivity contribution is 9.10. The summed E-state index contributed by atoms with van der Waals surface area (Å²) in [6.07, 6.45) is 0. The quantitative estimate of drug-likeness (QED) is 0.894. The van der Waals surface area contributed by atoms with Gasteiger partial charge in [0.1, 0.15) is 11.5 Å². The number of nitrogens with one attached hydrogen (secondary N) is 1. The first-order valence-corrected chi connectivity index (χ1v) is 7.21. The summed E-state index contributed by atoms with van der Waals surface area (Å²) in [5.41, 5.74) is 0. The smallest absolute Gasteiger partial charge is 0.120 e. The Hall–Kier alpha value is -0.580. The summed E-state index contributed by atoms with van der Waals surface area (Å²) < 4.78 is 6.79. The minimum atomic E-state index is 0.241. The van der Waals surface area contributed by atoms with Crippen molar-refractivity contribution in [2.45, 2.75) is 33.4 Å². The summed E-state index contributed by atoms with van der Waals surface area (Å²) in [4.78, 5) is 2.66. The van der Waals surface area contributed by atoms with Crippen molar-refractivity contribution in [2.24, 2.45) is 0 Å². The van der Waals surface area contributed by atoms with Crippen molar-refractivity contribution in [1.29, 1.82) is 0 Å². The minimum absolute atomic E-state index is 0.241. The van der Waals surface area contributed by atoms with Gasteiger partial charge in [0.15, 0.2) is 0 Å². The number of thiophene rings is 1. The van der Waals surface area contributed by atoms with Crippen LogP contribution in [-0.4, -0.2) is 0 Å². The standard InChI is InChI=1S/C13H16BrNOS/c1-8-4-5-13(16-8)9(2)15-7-11-6-12(14)10(3)17-11/h4-6,9,15H,7H2,1-3H3. The van der Waals surface area contributed by atoms with Crippen molar-refractivity contribution in [2.75, 3.05) is 0 Å². The van der Waals surface area contributed by atoms with Gasteiger partial charge in [0.05, 0.1) is 6.04 Å². The molecule has 0 aliphatic heterocycles. The van der Waals surface area contributed by atoms with Crippen molar-refractivity contribution in [1.82, 2.24) is 5.32 Å². The molecule has 2 aromatic heterocycles. The second-order valence-corrected chi connectivity index (χ2v) is 6.36. The molecule has 0 aromatic carbocycles. The Morgan fingerprint density at radius 2 is 2.18 bits per heavy atom. The van der Waals surface area contributed by atoms with Crippen molar-refractivity contribution < 1.29 is 4.42 Å². The number of aryl methyl sites for hydroxylation is 2. The van der Waals surface area contributed by atoms with E-state index in [9.17, 15) is 0 Å². The van der Waals surface area contributed by atoms with Gasteiger partial charge in [0.25, 0.3) is 0 Å². The molecule has 0 radical (unpaired) electrons. The zero-order valence-corrected chi connectivity index (χ0v) is 12.6. The van der Waals surface area contributed by atoms with Gasteiger partial charge in [0.2, 0.25) is 0 Å². The summed E-state index contributed by atoms with van der Waals surface area (Å²) in [6.45, 7) is 7.08. The summed E-state index contributed by atoms with van der Waals surface area (Å²) in [6, 6.07) is 6.44. The average Bonchev–Trinajstić information content (AvgIpc) is 2.83. The van der Waals surface area contributed by atoms with Crippen LogP contribution in [0.1, 0.15) is 34.2 Å². The van der Waals surface area contributed by atoms with Gasteiger partial charge in [-0.25, -0.2) is 0 Å². The summed E-state index contributed by atoms with van der Waals surface area (Å²) in [5.74, 6) is 1.96. The van der Waals surface area contributed by atoms with Crippen molar-refractivity contribution in [3.05, 3.63) is 43.9 Å². The van der Waals surface area contributed by atoms with E-state index < -0.39 is 0 Å². The van der Waals surface area contributed by atoms with Gasteiger partial charge >= 0.3 is 0 Å². The second kappa shape index (κ2) is 5.38. The Balaban J connectivity index is 1.94. The maximum absolute atomic E-state index is 5.59. The molecule has 0 aliphatic carbocycles. The van der Waals surface area contributed by atoms with E-state index >= 15 is 0 Å². The molecule has 1 atom stereocenters. The van der Waals surface area contributed by atoms with Gasteiger partial charge in [-0.3, -0.25) is 0 Å². The molecule has 4 heteroatoms. The Morgan fingerprint density at radius 3 is 2.71 bits per heavy atom. The molecule has 92 valence electrons. The lowest BCUT2D eigenvalue weighted by molar-refractivity contribution is 0.416. The van der Waals surface area contributed by atoms with Crippen LogP contribution in [0.3, 0.4) is 0 Å². The van der Waals surface area contributed by atoms with Crippen LogP contribution in [-0.2, 0) is 6.54 Å². The lowest BCUT2D eigenvalue weighted by atomic mass is 10.2. The molecule has 1 N–H and O–H groups in total. The first kappa shape index (κ1) is 12.9. The molecular weight excluding hydrogens is 298 g/mol. The van der Waals surface area contributed by atoms with E-state index in [-0.39, 0.29) is 6.04 Å². The lowest BCUT2D eigenvalue weighted by Gasteiger charge is -2.09. The van der Waals surface area contributed by atoms with E-state index in [2.05, 4.69) is 41.2 Å². The predicted octanol–water partition coefficient (Wildman–Crippen LogP) is 4.57. The third-order valence-electron chi connectivity index (χ3n) is 2.68.